The quantitative estimate of drug-likeness (QED) is 0.854. The number of carbonyl (C=O) groups excluding carboxylic acids is 1. The molecule has 1 heterocycles. The molecular formula is C10H11BrClN3O. The summed E-state index contributed by atoms with van der Waals surface area (Å²) in [6, 6.07) is 0.292. The molecule has 0 unspecified atom stereocenters. The Morgan fingerprint density at radius 1 is 1.44 bits per heavy atom. The number of aromatic nitrogens is 2. The second-order valence-corrected chi connectivity index (χ2v) is 4.99. The Balaban J connectivity index is 2.03. The van der Waals surface area contributed by atoms with Crippen LogP contribution in [-0.4, -0.2) is 21.8 Å². The van der Waals surface area contributed by atoms with Crippen molar-refractivity contribution in [3.05, 3.63) is 16.0 Å². The Morgan fingerprint density at radius 2 is 2.12 bits per heavy atom. The zero-order valence-corrected chi connectivity index (χ0v) is 10.9. The van der Waals surface area contributed by atoms with Gasteiger partial charge >= 0.3 is 0 Å². The third-order valence-electron chi connectivity index (χ3n) is 2.60. The van der Waals surface area contributed by atoms with Gasteiger partial charge in [0.2, 0.25) is 5.28 Å². The van der Waals surface area contributed by atoms with E-state index in [9.17, 15) is 4.79 Å². The van der Waals surface area contributed by atoms with Crippen molar-refractivity contribution in [2.75, 3.05) is 5.32 Å². The van der Waals surface area contributed by atoms with E-state index in [1.807, 2.05) is 0 Å². The fraction of sp³-hybridized carbons (Fsp3) is 0.500. The Labute approximate surface area is 107 Å². The first-order valence-electron chi connectivity index (χ1n) is 5.11. The Kier molecular flexibility index (Phi) is 3.76. The van der Waals surface area contributed by atoms with Crippen LogP contribution in [-0.2, 0) is 4.79 Å². The number of carbonyl (C=O) groups is 1. The molecular weight excluding hydrogens is 293 g/mol. The molecule has 1 aromatic heterocycles. The molecule has 86 valence electrons. The first-order chi connectivity index (χ1) is 7.65. The minimum absolute atomic E-state index is 0.220. The van der Waals surface area contributed by atoms with Crippen LogP contribution < -0.4 is 5.32 Å². The van der Waals surface area contributed by atoms with Gasteiger partial charge in [-0.05, 0) is 40.4 Å². The lowest BCUT2D eigenvalue weighted by molar-refractivity contribution is -0.120. The highest BCUT2D eigenvalue weighted by Gasteiger charge is 2.19. The molecule has 1 aliphatic rings. The van der Waals surface area contributed by atoms with Crippen molar-refractivity contribution in [3.63, 3.8) is 0 Å². The number of nitrogens with one attached hydrogen (secondary N) is 1. The van der Waals surface area contributed by atoms with Crippen LogP contribution in [0.3, 0.4) is 0 Å². The fourth-order valence-electron chi connectivity index (χ4n) is 1.72. The van der Waals surface area contributed by atoms with E-state index in [2.05, 4.69) is 31.2 Å². The van der Waals surface area contributed by atoms with Gasteiger partial charge in [-0.2, -0.15) is 4.98 Å². The zero-order chi connectivity index (χ0) is 11.5. The van der Waals surface area contributed by atoms with E-state index in [1.54, 1.807) is 6.20 Å². The van der Waals surface area contributed by atoms with Gasteiger partial charge in [0.1, 0.15) is 11.6 Å². The number of rotatable bonds is 2. The first kappa shape index (κ1) is 11.8. The summed E-state index contributed by atoms with van der Waals surface area (Å²) in [4.78, 5) is 19.1. The van der Waals surface area contributed by atoms with Crippen LogP contribution >= 0.6 is 27.5 Å². The van der Waals surface area contributed by atoms with Gasteiger partial charge in [0.25, 0.3) is 0 Å². The van der Waals surface area contributed by atoms with Crippen LogP contribution in [0.25, 0.3) is 0 Å². The second-order valence-electron chi connectivity index (χ2n) is 3.79. The molecule has 1 aliphatic carbocycles. The molecule has 0 radical (unpaired) electrons. The molecule has 0 aliphatic heterocycles. The SMILES string of the molecule is O=C1CCC(Nc2nc(Cl)ncc2Br)CC1. The molecule has 1 saturated carbocycles. The highest BCUT2D eigenvalue weighted by Crippen LogP contribution is 2.24. The number of Topliss-reactive ketones (excluding diaryl/α,β-unsaturated/α-hetero) is 1. The van der Waals surface area contributed by atoms with Crippen LogP contribution in [0.15, 0.2) is 10.7 Å². The lowest BCUT2D eigenvalue weighted by Gasteiger charge is -2.23. The molecule has 16 heavy (non-hydrogen) atoms. The maximum absolute atomic E-state index is 11.1. The molecule has 0 spiro atoms. The van der Waals surface area contributed by atoms with Crippen molar-refractivity contribution in [1.82, 2.24) is 9.97 Å². The van der Waals surface area contributed by atoms with Crippen molar-refractivity contribution in [2.45, 2.75) is 31.7 Å². The van der Waals surface area contributed by atoms with Crippen molar-refractivity contribution >= 4 is 39.1 Å². The largest absolute Gasteiger partial charge is 0.366 e. The summed E-state index contributed by atoms with van der Waals surface area (Å²) in [7, 11) is 0. The predicted octanol–water partition coefficient (Wildman–Crippen LogP) is 2.82. The number of hydrogen-bond donors (Lipinski definition) is 1. The summed E-state index contributed by atoms with van der Waals surface area (Å²) in [6.07, 6.45) is 4.62. The fourth-order valence-corrected chi connectivity index (χ4v) is 2.16. The van der Waals surface area contributed by atoms with Crippen molar-refractivity contribution in [1.29, 1.82) is 0 Å². The van der Waals surface area contributed by atoms with Gasteiger partial charge in [0, 0.05) is 25.1 Å². The minimum Gasteiger partial charge on any atom is -0.366 e. The van der Waals surface area contributed by atoms with Crippen LogP contribution in [0.2, 0.25) is 5.28 Å². The van der Waals surface area contributed by atoms with Crippen molar-refractivity contribution in [2.24, 2.45) is 0 Å². The van der Waals surface area contributed by atoms with Gasteiger partial charge in [0.15, 0.2) is 0 Å². The Morgan fingerprint density at radius 3 is 2.81 bits per heavy atom. The lowest BCUT2D eigenvalue weighted by atomic mass is 9.94. The molecule has 0 saturated heterocycles. The summed E-state index contributed by atoms with van der Waals surface area (Å²) >= 11 is 9.08. The first-order valence-corrected chi connectivity index (χ1v) is 6.28. The number of anilines is 1. The topological polar surface area (TPSA) is 54.9 Å². The van der Waals surface area contributed by atoms with E-state index < -0.39 is 0 Å². The van der Waals surface area contributed by atoms with Gasteiger partial charge < -0.3 is 5.32 Å². The monoisotopic (exact) mass is 303 g/mol. The average Bonchev–Trinajstić information content (AvgIpc) is 2.27. The minimum atomic E-state index is 0.220. The van der Waals surface area contributed by atoms with Gasteiger partial charge in [-0.1, -0.05) is 0 Å². The molecule has 6 heteroatoms. The van der Waals surface area contributed by atoms with Gasteiger partial charge in [-0.25, -0.2) is 4.98 Å². The third kappa shape index (κ3) is 2.92. The number of ketones is 1. The summed E-state index contributed by atoms with van der Waals surface area (Å²) in [5, 5.41) is 3.50. The predicted molar refractivity (Wildman–Crippen MR) is 65.6 cm³/mol. The van der Waals surface area contributed by atoms with E-state index in [0.29, 0.717) is 30.5 Å². The maximum Gasteiger partial charge on any atom is 0.224 e. The molecule has 0 amide bonds. The Hall–Kier alpha value is -0.680. The molecule has 1 aromatic rings. The molecule has 1 fully saturated rings. The van der Waals surface area contributed by atoms with Gasteiger partial charge in [0.05, 0.1) is 4.47 Å². The normalized spacial score (nSPS) is 17.5. The average molecular weight is 305 g/mol. The van der Waals surface area contributed by atoms with Crippen LogP contribution in [0.4, 0.5) is 5.82 Å². The van der Waals surface area contributed by atoms with Gasteiger partial charge in [-0.15, -0.1) is 0 Å². The highest BCUT2D eigenvalue weighted by atomic mass is 79.9. The van der Waals surface area contributed by atoms with Gasteiger partial charge in [-0.3, -0.25) is 4.79 Å². The van der Waals surface area contributed by atoms with Crippen molar-refractivity contribution in [3.8, 4) is 0 Å². The lowest BCUT2D eigenvalue weighted by Crippen LogP contribution is -2.26. The maximum atomic E-state index is 11.1. The molecule has 0 bridgehead atoms. The summed E-state index contributed by atoms with van der Waals surface area (Å²) in [5.41, 5.74) is 0. The summed E-state index contributed by atoms with van der Waals surface area (Å²) in [5.74, 6) is 1.04. The molecule has 1 N–H and O–H groups in total. The van der Waals surface area contributed by atoms with E-state index in [0.717, 1.165) is 17.3 Å². The van der Waals surface area contributed by atoms with E-state index in [4.69, 9.17) is 11.6 Å². The number of hydrogen-bond acceptors (Lipinski definition) is 4. The highest BCUT2D eigenvalue weighted by molar-refractivity contribution is 9.10. The van der Waals surface area contributed by atoms with Crippen LogP contribution in [0.1, 0.15) is 25.7 Å². The summed E-state index contributed by atoms with van der Waals surface area (Å²) in [6.45, 7) is 0. The Bertz CT molecular complexity index is 403. The second kappa shape index (κ2) is 5.10. The standard InChI is InChI=1S/C10H11BrClN3O/c11-8-5-13-10(12)15-9(8)14-6-1-3-7(16)4-2-6/h5-6H,1-4H2,(H,13,14,15). The number of halogens is 2. The molecule has 0 aromatic carbocycles. The molecule has 2 rings (SSSR count). The summed E-state index contributed by atoms with van der Waals surface area (Å²) < 4.78 is 0.786. The van der Waals surface area contributed by atoms with Crippen LogP contribution in [0.5, 0.6) is 0 Å². The zero-order valence-electron chi connectivity index (χ0n) is 8.54. The molecule has 0 atom stereocenters. The molecule has 4 nitrogen and oxygen atoms in total. The number of nitrogens with zero attached hydrogens (tertiary/aromatic N) is 2. The van der Waals surface area contributed by atoms with E-state index >= 15 is 0 Å². The van der Waals surface area contributed by atoms with E-state index in [-0.39, 0.29) is 5.28 Å². The van der Waals surface area contributed by atoms with E-state index in [1.165, 1.54) is 0 Å². The van der Waals surface area contributed by atoms with Crippen molar-refractivity contribution < 1.29 is 4.79 Å². The third-order valence-corrected chi connectivity index (χ3v) is 3.36. The smallest absolute Gasteiger partial charge is 0.224 e. The van der Waals surface area contributed by atoms with Crippen LogP contribution in [0, 0.1) is 0 Å².